The van der Waals surface area contributed by atoms with Gasteiger partial charge in [0.05, 0.1) is 0 Å². The van der Waals surface area contributed by atoms with Crippen molar-refractivity contribution in [2.24, 2.45) is 0 Å². The van der Waals surface area contributed by atoms with E-state index in [9.17, 15) is 9.59 Å². The first-order chi connectivity index (χ1) is 14.0. The van der Waals surface area contributed by atoms with Crippen molar-refractivity contribution in [2.45, 2.75) is 59.0 Å². The van der Waals surface area contributed by atoms with Gasteiger partial charge in [0.1, 0.15) is 0 Å². The molecule has 0 amide bonds. The second kappa shape index (κ2) is 8.78. The van der Waals surface area contributed by atoms with Crippen LogP contribution in [0.15, 0.2) is 30.3 Å². The Hall–Kier alpha value is -2.37. The summed E-state index contributed by atoms with van der Waals surface area (Å²) in [4.78, 5) is 26.1. The second-order valence-corrected chi connectivity index (χ2v) is 7.78. The standard InChI is InChI=1S/C24H27NO4.ClH/c1-5-8-19-17-9-7-10-18-22-16(13-20(23(17)18)25(19)6-2)11-12-21(28-14(3)26)24(22)29-15(4)27;/h7,9-12,19-20H,5-6,8,13H2,1-4H3;1H/t19-,20+;/m0./s1. The molecule has 1 aliphatic heterocycles. The van der Waals surface area contributed by atoms with Gasteiger partial charge < -0.3 is 9.47 Å². The van der Waals surface area contributed by atoms with E-state index in [0.29, 0.717) is 17.8 Å². The molecule has 30 heavy (non-hydrogen) atoms. The van der Waals surface area contributed by atoms with E-state index in [-0.39, 0.29) is 18.2 Å². The lowest BCUT2D eigenvalue weighted by molar-refractivity contribution is -0.134. The average molecular weight is 430 g/mol. The zero-order valence-corrected chi connectivity index (χ0v) is 18.7. The van der Waals surface area contributed by atoms with E-state index in [1.807, 2.05) is 6.07 Å². The molecular formula is C24H28ClNO4. The van der Waals surface area contributed by atoms with Crippen molar-refractivity contribution < 1.29 is 19.1 Å². The van der Waals surface area contributed by atoms with Gasteiger partial charge in [-0.3, -0.25) is 14.5 Å². The summed E-state index contributed by atoms with van der Waals surface area (Å²) in [7, 11) is 0. The van der Waals surface area contributed by atoms with Crippen molar-refractivity contribution in [2.75, 3.05) is 6.54 Å². The molecule has 6 heteroatoms. The molecule has 0 aromatic heterocycles. The normalized spacial score (nSPS) is 18.8. The largest absolute Gasteiger partial charge is 0.423 e. The lowest BCUT2D eigenvalue weighted by Gasteiger charge is -2.33. The van der Waals surface area contributed by atoms with E-state index < -0.39 is 11.9 Å². The smallest absolute Gasteiger partial charge is 0.308 e. The van der Waals surface area contributed by atoms with E-state index in [1.165, 1.54) is 25.0 Å². The molecule has 5 nitrogen and oxygen atoms in total. The summed E-state index contributed by atoms with van der Waals surface area (Å²) in [6.45, 7) is 8.15. The zero-order chi connectivity index (χ0) is 20.7. The summed E-state index contributed by atoms with van der Waals surface area (Å²) in [5.74, 6) is -0.233. The average Bonchev–Trinajstić information content (AvgIpc) is 2.97. The Labute approximate surface area is 183 Å². The van der Waals surface area contributed by atoms with Crippen LogP contribution in [0.25, 0.3) is 11.1 Å². The topological polar surface area (TPSA) is 55.8 Å². The number of benzene rings is 2. The van der Waals surface area contributed by atoms with Crippen LogP contribution in [0.3, 0.4) is 0 Å². The molecule has 2 aliphatic rings. The fourth-order valence-corrected chi connectivity index (χ4v) is 5.04. The minimum absolute atomic E-state index is 0. The molecule has 160 valence electrons. The van der Waals surface area contributed by atoms with Crippen molar-refractivity contribution in [1.29, 1.82) is 0 Å². The van der Waals surface area contributed by atoms with Crippen molar-refractivity contribution in [3.63, 3.8) is 0 Å². The van der Waals surface area contributed by atoms with Gasteiger partial charge in [0, 0.05) is 31.5 Å². The highest BCUT2D eigenvalue weighted by molar-refractivity contribution is 5.87. The number of halogens is 1. The molecule has 1 aliphatic carbocycles. The fraction of sp³-hybridized carbons (Fsp3) is 0.417. The van der Waals surface area contributed by atoms with Crippen LogP contribution < -0.4 is 9.47 Å². The molecule has 2 aromatic rings. The first-order valence-corrected chi connectivity index (χ1v) is 10.4. The Morgan fingerprint density at radius 3 is 2.43 bits per heavy atom. The third-order valence-corrected chi connectivity index (χ3v) is 5.95. The first-order valence-electron chi connectivity index (χ1n) is 10.4. The number of hydrogen-bond acceptors (Lipinski definition) is 5. The summed E-state index contributed by atoms with van der Waals surface area (Å²) in [5, 5.41) is 0. The molecule has 0 bridgehead atoms. The molecule has 2 atom stereocenters. The number of carbonyl (C=O) groups is 2. The maximum atomic E-state index is 11.9. The van der Waals surface area contributed by atoms with E-state index in [1.54, 1.807) is 6.07 Å². The van der Waals surface area contributed by atoms with E-state index in [0.717, 1.165) is 42.5 Å². The summed E-state index contributed by atoms with van der Waals surface area (Å²) in [6.07, 6.45) is 3.09. The molecule has 0 fully saturated rings. The number of esters is 2. The highest BCUT2D eigenvalue weighted by atomic mass is 35.5. The molecular weight excluding hydrogens is 402 g/mol. The number of hydrogen-bond donors (Lipinski definition) is 0. The third-order valence-electron chi connectivity index (χ3n) is 5.95. The van der Waals surface area contributed by atoms with Gasteiger partial charge in [-0.2, -0.15) is 0 Å². The molecule has 0 spiro atoms. The van der Waals surface area contributed by atoms with Crippen LogP contribution in [0, 0.1) is 0 Å². The lowest BCUT2D eigenvalue weighted by atomic mass is 9.81. The number of rotatable bonds is 5. The van der Waals surface area contributed by atoms with Crippen LogP contribution in [0.1, 0.15) is 69.3 Å². The fourth-order valence-electron chi connectivity index (χ4n) is 5.04. The predicted molar refractivity (Wildman–Crippen MR) is 118 cm³/mol. The van der Waals surface area contributed by atoms with Gasteiger partial charge in [0.2, 0.25) is 0 Å². The Kier molecular flexibility index (Phi) is 6.53. The van der Waals surface area contributed by atoms with Crippen LogP contribution in [-0.4, -0.2) is 23.4 Å². The van der Waals surface area contributed by atoms with Crippen molar-refractivity contribution >= 4 is 24.3 Å². The van der Waals surface area contributed by atoms with Gasteiger partial charge >= 0.3 is 11.9 Å². The number of ether oxygens (including phenoxy) is 2. The van der Waals surface area contributed by atoms with Crippen molar-refractivity contribution in [3.8, 4) is 22.6 Å². The minimum Gasteiger partial charge on any atom is -0.423 e. The predicted octanol–water partition coefficient (Wildman–Crippen LogP) is 5.40. The maximum Gasteiger partial charge on any atom is 0.308 e. The Morgan fingerprint density at radius 1 is 1.07 bits per heavy atom. The van der Waals surface area contributed by atoms with Crippen LogP contribution in [0.5, 0.6) is 11.5 Å². The maximum absolute atomic E-state index is 11.9. The zero-order valence-electron chi connectivity index (χ0n) is 17.9. The highest BCUT2D eigenvalue weighted by Gasteiger charge is 2.42. The minimum atomic E-state index is -0.439. The van der Waals surface area contributed by atoms with Crippen LogP contribution in [0.4, 0.5) is 0 Å². The Balaban J connectivity index is 0.00000256. The van der Waals surface area contributed by atoms with Gasteiger partial charge in [-0.05, 0) is 47.7 Å². The molecule has 0 saturated heterocycles. The second-order valence-electron chi connectivity index (χ2n) is 7.78. The van der Waals surface area contributed by atoms with Gasteiger partial charge in [0.25, 0.3) is 0 Å². The van der Waals surface area contributed by atoms with Crippen LogP contribution in [0.2, 0.25) is 0 Å². The lowest BCUT2D eigenvalue weighted by Crippen LogP contribution is -2.28. The molecule has 0 N–H and O–H groups in total. The monoisotopic (exact) mass is 429 g/mol. The molecule has 0 radical (unpaired) electrons. The van der Waals surface area contributed by atoms with E-state index in [4.69, 9.17) is 9.47 Å². The first kappa shape index (κ1) is 22.3. The molecule has 0 unspecified atom stereocenters. The highest BCUT2D eigenvalue weighted by Crippen LogP contribution is 2.55. The van der Waals surface area contributed by atoms with Crippen molar-refractivity contribution in [1.82, 2.24) is 4.90 Å². The van der Waals surface area contributed by atoms with Gasteiger partial charge in [-0.25, -0.2) is 0 Å². The van der Waals surface area contributed by atoms with Crippen LogP contribution in [-0.2, 0) is 16.0 Å². The third kappa shape index (κ3) is 3.61. The summed E-state index contributed by atoms with van der Waals surface area (Å²) in [6, 6.07) is 10.9. The van der Waals surface area contributed by atoms with E-state index in [2.05, 4.69) is 36.9 Å². The number of carbonyl (C=O) groups excluding carboxylic acids is 2. The van der Waals surface area contributed by atoms with Gasteiger partial charge in [-0.1, -0.05) is 44.5 Å². The Morgan fingerprint density at radius 2 is 1.80 bits per heavy atom. The van der Waals surface area contributed by atoms with E-state index >= 15 is 0 Å². The van der Waals surface area contributed by atoms with Gasteiger partial charge in [0.15, 0.2) is 11.5 Å². The van der Waals surface area contributed by atoms with Crippen molar-refractivity contribution in [3.05, 3.63) is 47.0 Å². The number of nitrogens with zero attached hydrogens (tertiary/aromatic N) is 1. The molecule has 0 saturated carbocycles. The number of likely N-dealkylation sites (N-methyl/N-ethyl adjacent to an activating group) is 1. The quantitative estimate of drug-likeness (QED) is 0.470. The molecule has 4 rings (SSSR count). The van der Waals surface area contributed by atoms with Gasteiger partial charge in [-0.15, -0.1) is 12.4 Å². The van der Waals surface area contributed by atoms with Crippen LogP contribution >= 0.6 is 12.4 Å². The Bertz CT molecular complexity index is 987. The molecule has 1 heterocycles. The summed E-state index contributed by atoms with van der Waals surface area (Å²) in [5.41, 5.74) is 5.76. The molecule has 2 aromatic carbocycles. The SMILES string of the molecule is CCC[C@H]1c2cccc3c2[C@@H](Cc2ccc(OC(C)=O)c(OC(C)=O)c2-3)N1CC.Cl. The summed E-state index contributed by atoms with van der Waals surface area (Å²) >= 11 is 0. The number of fused-ring (bicyclic) bond motifs is 2. The summed E-state index contributed by atoms with van der Waals surface area (Å²) < 4.78 is 11.0.